The predicted molar refractivity (Wildman–Crippen MR) is 53.6 cm³/mol. The van der Waals surface area contributed by atoms with Crippen molar-refractivity contribution in [3.8, 4) is 0 Å². The quantitative estimate of drug-likeness (QED) is 0.500. The molecule has 0 spiro atoms. The standard InChI is InChI=1S/C10H21B/c1-8(2)11-9(3)6-5-7-10(11)4/h8-10H,5-7H2,1-4H3/t9-,10+. The van der Waals surface area contributed by atoms with E-state index in [-0.39, 0.29) is 0 Å². The average molecular weight is 152 g/mol. The number of hydrogen-bond acceptors (Lipinski definition) is 0. The molecule has 0 N–H and O–H groups in total. The molecule has 2 atom stereocenters. The van der Waals surface area contributed by atoms with E-state index in [4.69, 9.17) is 0 Å². The van der Waals surface area contributed by atoms with Crippen LogP contribution in [-0.4, -0.2) is 6.71 Å². The van der Waals surface area contributed by atoms with Crippen LogP contribution in [0.15, 0.2) is 0 Å². The van der Waals surface area contributed by atoms with Crippen molar-refractivity contribution in [2.45, 2.75) is 64.4 Å². The van der Waals surface area contributed by atoms with Crippen LogP contribution in [0.1, 0.15) is 47.0 Å². The Morgan fingerprint density at radius 3 is 1.82 bits per heavy atom. The number of rotatable bonds is 1. The van der Waals surface area contributed by atoms with Crippen molar-refractivity contribution in [2.75, 3.05) is 0 Å². The predicted octanol–water partition coefficient (Wildman–Crippen LogP) is 3.86. The maximum atomic E-state index is 2.43. The molecule has 0 aromatic rings. The highest BCUT2D eigenvalue weighted by Gasteiger charge is 2.32. The summed E-state index contributed by atoms with van der Waals surface area (Å²) in [6.07, 6.45) is 4.39. The molecule has 1 rings (SSSR count). The van der Waals surface area contributed by atoms with E-state index in [1.54, 1.807) is 0 Å². The Morgan fingerprint density at radius 1 is 1.09 bits per heavy atom. The van der Waals surface area contributed by atoms with Gasteiger partial charge in [-0.25, -0.2) is 0 Å². The molecule has 0 aromatic heterocycles. The van der Waals surface area contributed by atoms with Crippen molar-refractivity contribution >= 4 is 6.71 Å². The Morgan fingerprint density at radius 2 is 1.55 bits per heavy atom. The van der Waals surface area contributed by atoms with Gasteiger partial charge in [-0.15, -0.1) is 0 Å². The minimum absolute atomic E-state index is 0.889. The van der Waals surface area contributed by atoms with Gasteiger partial charge >= 0.3 is 0 Å². The number of hydrogen-bond donors (Lipinski definition) is 0. The first-order chi connectivity index (χ1) is 5.13. The Bertz CT molecular complexity index is 110. The molecule has 0 unspecified atom stereocenters. The maximum absolute atomic E-state index is 2.43. The Balaban J connectivity index is 2.55. The molecular weight excluding hydrogens is 131 g/mol. The summed E-state index contributed by atoms with van der Waals surface area (Å²) in [7, 11) is 0. The van der Waals surface area contributed by atoms with Gasteiger partial charge in [0.15, 0.2) is 0 Å². The molecule has 0 radical (unpaired) electrons. The fourth-order valence-corrected chi connectivity index (χ4v) is 3.02. The van der Waals surface area contributed by atoms with Crippen molar-refractivity contribution < 1.29 is 0 Å². The fourth-order valence-electron chi connectivity index (χ4n) is 3.02. The third-order valence-corrected chi connectivity index (χ3v) is 3.40. The smallest absolute Gasteiger partial charge is 0.0693 e. The second-order valence-corrected chi connectivity index (χ2v) is 4.71. The minimum Gasteiger partial charge on any atom is -0.0693 e. The van der Waals surface area contributed by atoms with Crippen LogP contribution in [0.2, 0.25) is 17.5 Å². The maximum Gasteiger partial charge on any atom is 0.148 e. The van der Waals surface area contributed by atoms with Crippen molar-refractivity contribution in [1.29, 1.82) is 0 Å². The molecule has 1 aliphatic rings. The average Bonchev–Trinajstić information content (AvgIpc) is 1.85. The summed E-state index contributed by atoms with van der Waals surface area (Å²) in [5.74, 6) is 2.83. The second kappa shape index (κ2) is 3.64. The Kier molecular flexibility index (Phi) is 3.03. The topological polar surface area (TPSA) is 0 Å². The zero-order valence-corrected chi connectivity index (χ0v) is 8.43. The summed E-state index contributed by atoms with van der Waals surface area (Å²) in [5.41, 5.74) is 0. The zero-order chi connectivity index (χ0) is 8.43. The van der Waals surface area contributed by atoms with E-state index >= 15 is 0 Å². The van der Waals surface area contributed by atoms with Gasteiger partial charge in [-0.3, -0.25) is 0 Å². The lowest BCUT2D eigenvalue weighted by Crippen LogP contribution is -2.30. The lowest BCUT2D eigenvalue weighted by atomic mass is 9.26. The molecule has 1 heterocycles. The first-order valence-electron chi connectivity index (χ1n) is 5.13. The van der Waals surface area contributed by atoms with Gasteiger partial charge < -0.3 is 0 Å². The highest BCUT2D eigenvalue weighted by Crippen LogP contribution is 2.40. The highest BCUT2D eigenvalue weighted by molar-refractivity contribution is 6.63. The first kappa shape index (κ1) is 9.16. The summed E-state index contributed by atoms with van der Waals surface area (Å²) in [6, 6.07) is 0. The van der Waals surface area contributed by atoms with Gasteiger partial charge in [0.2, 0.25) is 0 Å². The summed E-state index contributed by atoms with van der Waals surface area (Å²) >= 11 is 0. The van der Waals surface area contributed by atoms with Crippen LogP contribution < -0.4 is 0 Å². The molecular formula is C10H21B. The van der Waals surface area contributed by atoms with Crippen LogP contribution in [0.25, 0.3) is 0 Å². The van der Waals surface area contributed by atoms with E-state index in [9.17, 15) is 0 Å². The highest BCUT2D eigenvalue weighted by atomic mass is 14.1. The van der Waals surface area contributed by atoms with Crippen LogP contribution in [0.3, 0.4) is 0 Å². The molecule has 0 amide bonds. The van der Waals surface area contributed by atoms with Crippen LogP contribution in [0.4, 0.5) is 0 Å². The molecule has 0 saturated carbocycles. The van der Waals surface area contributed by atoms with Gasteiger partial charge in [-0.2, -0.15) is 0 Å². The molecule has 11 heavy (non-hydrogen) atoms. The van der Waals surface area contributed by atoms with E-state index in [1.807, 2.05) is 0 Å². The molecule has 0 nitrogen and oxygen atoms in total. The van der Waals surface area contributed by atoms with Gasteiger partial charge in [0, 0.05) is 0 Å². The molecule has 1 fully saturated rings. The Labute approximate surface area is 71.8 Å². The minimum atomic E-state index is 0.889. The van der Waals surface area contributed by atoms with Crippen LogP contribution in [0.5, 0.6) is 0 Å². The van der Waals surface area contributed by atoms with Gasteiger partial charge in [0.05, 0.1) is 0 Å². The first-order valence-corrected chi connectivity index (χ1v) is 5.13. The van der Waals surface area contributed by atoms with Crippen molar-refractivity contribution in [2.24, 2.45) is 0 Å². The summed E-state index contributed by atoms with van der Waals surface area (Å²) in [5, 5.41) is 0. The van der Waals surface area contributed by atoms with Crippen LogP contribution >= 0.6 is 0 Å². The van der Waals surface area contributed by atoms with Crippen molar-refractivity contribution in [1.82, 2.24) is 0 Å². The lowest BCUT2D eigenvalue weighted by Gasteiger charge is -2.34. The molecule has 1 saturated heterocycles. The van der Waals surface area contributed by atoms with Gasteiger partial charge in [0.25, 0.3) is 0 Å². The third kappa shape index (κ3) is 2.01. The normalized spacial score (nSPS) is 33.0. The molecule has 0 aliphatic carbocycles. The summed E-state index contributed by atoms with van der Waals surface area (Å²) in [4.78, 5) is 0. The summed E-state index contributed by atoms with van der Waals surface area (Å²) in [6.45, 7) is 10.6. The monoisotopic (exact) mass is 152 g/mol. The van der Waals surface area contributed by atoms with E-state index in [1.165, 1.54) is 19.3 Å². The van der Waals surface area contributed by atoms with Crippen molar-refractivity contribution in [3.63, 3.8) is 0 Å². The van der Waals surface area contributed by atoms with Crippen LogP contribution in [0, 0.1) is 0 Å². The van der Waals surface area contributed by atoms with Gasteiger partial charge in [-0.05, 0) is 0 Å². The zero-order valence-electron chi connectivity index (χ0n) is 8.43. The molecule has 1 heteroatoms. The Hall–Kier alpha value is 0.0649. The van der Waals surface area contributed by atoms with E-state index in [2.05, 4.69) is 27.7 Å². The fraction of sp³-hybridized carbons (Fsp3) is 1.00. The van der Waals surface area contributed by atoms with E-state index in [0.29, 0.717) is 0 Å². The van der Waals surface area contributed by atoms with Crippen molar-refractivity contribution in [3.05, 3.63) is 0 Å². The second-order valence-electron chi connectivity index (χ2n) is 4.71. The van der Waals surface area contributed by atoms with E-state index < -0.39 is 0 Å². The van der Waals surface area contributed by atoms with Crippen LogP contribution in [-0.2, 0) is 0 Å². The van der Waals surface area contributed by atoms with E-state index in [0.717, 1.165) is 24.2 Å². The van der Waals surface area contributed by atoms with Gasteiger partial charge in [-0.1, -0.05) is 64.4 Å². The molecule has 0 aromatic carbocycles. The largest absolute Gasteiger partial charge is 0.148 e. The SMILES string of the molecule is CC(C)B1[C@H](C)CCC[C@@H]1C. The molecule has 1 aliphatic heterocycles. The molecule has 64 valence electrons. The summed E-state index contributed by atoms with van der Waals surface area (Å²) < 4.78 is 0. The molecule has 0 bridgehead atoms. The third-order valence-electron chi connectivity index (χ3n) is 3.40. The van der Waals surface area contributed by atoms with Gasteiger partial charge in [0.1, 0.15) is 6.71 Å². The lowest BCUT2D eigenvalue weighted by molar-refractivity contribution is 0.578.